The van der Waals surface area contributed by atoms with Gasteiger partial charge in [-0.15, -0.1) is 0 Å². The molecule has 0 radical (unpaired) electrons. The predicted molar refractivity (Wildman–Crippen MR) is 71.0 cm³/mol. The minimum absolute atomic E-state index is 0.0408. The Kier molecular flexibility index (Phi) is 3.67. The number of hydrogen-bond acceptors (Lipinski definition) is 3. The zero-order valence-corrected chi connectivity index (χ0v) is 11.7. The summed E-state index contributed by atoms with van der Waals surface area (Å²) >= 11 is 0. The fourth-order valence-electron chi connectivity index (χ4n) is 3.13. The number of ether oxygens (including phenoxy) is 2. The molecule has 5 nitrogen and oxygen atoms in total. The maximum atomic E-state index is 11.9. The van der Waals surface area contributed by atoms with Crippen LogP contribution in [0.1, 0.15) is 32.1 Å². The van der Waals surface area contributed by atoms with Crippen LogP contribution < -0.4 is 5.32 Å². The third-order valence-electron chi connectivity index (χ3n) is 4.74. The first-order chi connectivity index (χ1) is 9.19. The summed E-state index contributed by atoms with van der Waals surface area (Å²) in [6.07, 6.45) is 5.72. The van der Waals surface area contributed by atoms with Crippen molar-refractivity contribution in [3.05, 3.63) is 0 Å². The molecule has 2 saturated heterocycles. The Balaban J connectivity index is 1.42. The van der Waals surface area contributed by atoms with Gasteiger partial charge in [-0.25, -0.2) is 4.79 Å². The van der Waals surface area contributed by atoms with E-state index < -0.39 is 0 Å². The topological polar surface area (TPSA) is 50.8 Å². The number of carbonyl (C=O) groups is 1. The molecule has 108 valence electrons. The van der Waals surface area contributed by atoms with Gasteiger partial charge in [0.15, 0.2) is 0 Å². The molecule has 2 heterocycles. The standard InChI is InChI=1S/C14H24N2O3/c1-16(11-2-3-11)13(17)15-9-12-8-14(10-19-12)4-6-18-7-5-14/h11-12H,2-10H2,1H3,(H,15,17). The van der Waals surface area contributed by atoms with Gasteiger partial charge in [0.1, 0.15) is 0 Å². The van der Waals surface area contributed by atoms with Gasteiger partial charge in [0.25, 0.3) is 0 Å². The molecule has 0 bridgehead atoms. The molecule has 1 aliphatic carbocycles. The Hall–Kier alpha value is -0.810. The Labute approximate surface area is 114 Å². The summed E-state index contributed by atoms with van der Waals surface area (Å²) in [5.41, 5.74) is 0.316. The molecule has 1 N–H and O–H groups in total. The second-order valence-corrected chi connectivity index (χ2v) is 6.28. The van der Waals surface area contributed by atoms with Gasteiger partial charge in [-0.2, -0.15) is 0 Å². The van der Waals surface area contributed by atoms with Gasteiger partial charge in [-0.3, -0.25) is 0 Å². The molecule has 19 heavy (non-hydrogen) atoms. The van der Waals surface area contributed by atoms with Gasteiger partial charge in [-0.05, 0) is 32.1 Å². The number of nitrogens with one attached hydrogen (secondary N) is 1. The Morgan fingerprint density at radius 3 is 2.79 bits per heavy atom. The normalized spacial score (nSPS) is 29.4. The van der Waals surface area contributed by atoms with Crippen molar-refractivity contribution in [3.8, 4) is 0 Å². The maximum absolute atomic E-state index is 11.9. The maximum Gasteiger partial charge on any atom is 0.317 e. The first-order valence-corrected chi connectivity index (χ1v) is 7.39. The van der Waals surface area contributed by atoms with Crippen molar-refractivity contribution in [2.24, 2.45) is 5.41 Å². The van der Waals surface area contributed by atoms with Crippen LogP contribution in [0.3, 0.4) is 0 Å². The molecule has 3 rings (SSSR count). The molecule has 1 atom stereocenters. The van der Waals surface area contributed by atoms with Crippen molar-refractivity contribution < 1.29 is 14.3 Å². The summed E-state index contributed by atoms with van der Waals surface area (Å²) in [6.45, 7) is 3.17. The minimum atomic E-state index is 0.0408. The van der Waals surface area contributed by atoms with E-state index in [0.29, 0.717) is 18.0 Å². The smallest absolute Gasteiger partial charge is 0.317 e. The lowest BCUT2D eigenvalue weighted by Gasteiger charge is -2.31. The molecule has 0 aromatic heterocycles. The molecule has 1 unspecified atom stereocenters. The second-order valence-electron chi connectivity index (χ2n) is 6.28. The summed E-state index contributed by atoms with van der Waals surface area (Å²) < 4.78 is 11.3. The molecule has 1 saturated carbocycles. The quantitative estimate of drug-likeness (QED) is 0.841. The van der Waals surface area contributed by atoms with E-state index in [1.165, 1.54) is 0 Å². The predicted octanol–water partition coefficient (Wildman–Crippen LogP) is 1.38. The van der Waals surface area contributed by atoms with E-state index in [2.05, 4.69) is 5.32 Å². The van der Waals surface area contributed by atoms with Crippen molar-refractivity contribution in [3.63, 3.8) is 0 Å². The number of amides is 2. The third kappa shape index (κ3) is 3.03. The van der Waals surface area contributed by atoms with E-state index in [4.69, 9.17) is 9.47 Å². The van der Waals surface area contributed by atoms with Crippen LogP contribution in [0.25, 0.3) is 0 Å². The highest BCUT2D eigenvalue weighted by Crippen LogP contribution is 2.41. The molecule has 0 aromatic carbocycles. The van der Waals surface area contributed by atoms with Crippen molar-refractivity contribution >= 4 is 6.03 Å². The molecule has 2 amide bonds. The molecule has 2 aliphatic heterocycles. The SMILES string of the molecule is CN(C(=O)NCC1CC2(CCOCC2)CO1)C1CC1. The third-order valence-corrected chi connectivity index (χ3v) is 4.74. The highest BCUT2D eigenvalue weighted by atomic mass is 16.5. The number of carbonyl (C=O) groups excluding carboxylic acids is 1. The van der Waals surface area contributed by atoms with Crippen LogP contribution in [0.15, 0.2) is 0 Å². The van der Waals surface area contributed by atoms with Gasteiger partial charge in [0.2, 0.25) is 0 Å². The average Bonchev–Trinajstić information content (AvgIpc) is 3.21. The van der Waals surface area contributed by atoms with Gasteiger partial charge in [0.05, 0.1) is 12.7 Å². The monoisotopic (exact) mass is 268 g/mol. The number of urea groups is 1. The van der Waals surface area contributed by atoms with Crippen molar-refractivity contribution in [2.45, 2.75) is 44.2 Å². The molecule has 5 heteroatoms. The van der Waals surface area contributed by atoms with Gasteiger partial charge in [-0.1, -0.05) is 0 Å². The summed E-state index contributed by atoms with van der Waals surface area (Å²) in [4.78, 5) is 13.7. The first kappa shape index (κ1) is 13.2. The fraction of sp³-hybridized carbons (Fsp3) is 0.929. The number of rotatable bonds is 3. The number of hydrogen-bond donors (Lipinski definition) is 1. The van der Waals surface area contributed by atoms with E-state index in [1.807, 2.05) is 11.9 Å². The van der Waals surface area contributed by atoms with Gasteiger partial charge in [0, 0.05) is 38.3 Å². The average molecular weight is 268 g/mol. The zero-order chi connectivity index (χ0) is 13.3. The van der Waals surface area contributed by atoms with Crippen molar-refractivity contribution in [1.82, 2.24) is 10.2 Å². The molecule has 3 aliphatic rings. The lowest BCUT2D eigenvalue weighted by Crippen LogP contribution is -2.42. The van der Waals surface area contributed by atoms with Crippen LogP contribution in [-0.4, -0.2) is 56.5 Å². The molecular weight excluding hydrogens is 244 g/mol. The van der Waals surface area contributed by atoms with E-state index >= 15 is 0 Å². The van der Waals surface area contributed by atoms with Crippen LogP contribution in [0.2, 0.25) is 0 Å². The minimum Gasteiger partial charge on any atom is -0.381 e. The molecular formula is C14H24N2O3. The highest BCUT2D eigenvalue weighted by molar-refractivity contribution is 5.74. The summed E-state index contributed by atoms with van der Waals surface area (Å²) in [5.74, 6) is 0. The Morgan fingerprint density at radius 2 is 2.11 bits per heavy atom. The Morgan fingerprint density at radius 1 is 1.37 bits per heavy atom. The first-order valence-electron chi connectivity index (χ1n) is 7.39. The zero-order valence-electron chi connectivity index (χ0n) is 11.7. The number of nitrogens with zero attached hydrogens (tertiary/aromatic N) is 1. The van der Waals surface area contributed by atoms with Crippen LogP contribution in [-0.2, 0) is 9.47 Å². The summed E-state index contributed by atoms with van der Waals surface area (Å²) in [6, 6.07) is 0.505. The molecule has 1 spiro atoms. The van der Waals surface area contributed by atoms with E-state index in [-0.39, 0.29) is 12.1 Å². The van der Waals surface area contributed by atoms with Gasteiger partial charge < -0.3 is 19.7 Å². The lowest BCUT2D eigenvalue weighted by molar-refractivity contribution is 0.00706. The largest absolute Gasteiger partial charge is 0.381 e. The second kappa shape index (κ2) is 5.29. The highest BCUT2D eigenvalue weighted by Gasteiger charge is 2.41. The van der Waals surface area contributed by atoms with Gasteiger partial charge >= 0.3 is 6.03 Å². The van der Waals surface area contributed by atoms with Crippen molar-refractivity contribution in [1.29, 1.82) is 0 Å². The lowest BCUT2D eigenvalue weighted by atomic mass is 9.78. The Bertz CT molecular complexity index is 338. The fourth-order valence-corrected chi connectivity index (χ4v) is 3.13. The summed E-state index contributed by atoms with van der Waals surface area (Å²) in [7, 11) is 1.88. The van der Waals surface area contributed by atoms with E-state index in [1.54, 1.807) is 0 Å². The van der Waals surface area contributed by atoms with Crippen LogP contribution in [0.4, 0.5) is 4.79 Å². The molecule has 3 fully saturated rings. The van der Waals surface area contributed by atoms with Crippen LogP contribution >= 0.6 is 0 Å². The van der Waals surface area contributed by atoms with Crippen LogP contribution in [0.5, 0.6) is 0 Å². The van der Waals surface area contributed by atoms with Crippen molar-refractivity contribution in [2.75, 3.05) is 33.4 Å². The molecule has 0 aromatic rings. The van der Waals surface area contributed by atoms with E-state index in [9.17, 15) is 4.79 Å². The van der Waals surface area contributed by atoms with E-state index in [0.717, 1.165) is 51.9 Å². The van der Waals surface area contributed by atoms with Crippen LogP contribution in [0, 0.1) is 5.41 Å². The summed E-state index contributed by atoms with van der Waals surface area (Å²) in [5, 5.41) is 3.00.